The fourth-order valence-electron chi connectivity index (χ4n) is 10.3. The van der Waals surface area contributed by atoms with Gasteiger partial charge in [-0.2, -0.15) is 0 Å². The van der Waals surface area contributed by atoms with Crippen LogP contribution in [-0.4, -0.2) is 130 Å². The first-order valence-electron chi connectivity index (χ1n) is 35.7. The molecule has 12 rings (SSSR count). The topological polar surface area (TPSA) is 275 Å². The fraction of sp³-hybridized carbons (Fsp3) is 0.244. The van der Waals surface area contributed by atoms with Gasteiger partial charge in [0.2, 0.25) is 0 Å². The zero-order valence-corrected chi connectivity index (χ0v) is 62.4. The van der Waals surface area contributed by atoms with Crippen LogP contribution in [0.1, 0.15) is 45.9 Å². The molecule has 23 heteroatoms. The van der Waals surface area contributed by atoms with Crippen LogP contribution >= 0.6 is 0 Å². The number of anilines is 3. The fourth-order valence-corrected chi connectivity index (χ4v) is 10.3. The van der Waals surface area contributed by atoms with Gasteiger partial charge in [-0.15, -0.1) is 0 Å². The van der Waals surface area contributed by atoms with Gasteiger partial charge >= 0.3 is 36.5 Å². The highest BCUT2D eigenvalue weighted by Crippen LogP contribution is 2.27. The summed E-state index contributed by atoms with van der Waals surface area (Å²) in [5.41, 5.74) is 10.4. The molecule has 0 unspecified atom stereocenters. The molecule has 10 aromatic carbocycles. The second-order valence-corrected chi connectivity index (χ2v) is 23.7. The predicted molar refractivity (Wildman–Crippen MR) is 427 cm³/mol. The zero-order chi connectivity index (χ0) is 77.7. The summed E-state index contributed by atoms with van der Waals surface area (Å²) in [6, 6.07) is 87.8. The highest BCUT2D eigenvalue weighted by Gasteiger charge is 2.18. The van der Waals surface area contributed by atoms with Gasteiger partial charge < -0.3 is 80.2 Å². The quantitative estimate of drug-likeness (QED) is 0.0371. The van der Waals surface area contributed by atoms with E-state index in [2.05, 4.69) is 68.6 Å². The first kappa shape index (κ1) is 85.2. The lowest BCUT2D eigenvalue weighted by Crippen LogP contribution is -2.37. The van der Waals surface area contributed by atoms with E-state index in [0.29, 0.717) is 71.2 Å². The number of rotatable bonds is 19. The number of ether oxygens (including phenoxy) is 7. The molecule has 572 valence electrons. The van der Waals surface area contributed by atoms with Crippen molar-refractivity contribution in [1.29, 1.82) is 0 Å². The number of amides is 7. The number of hydrogen-bond donors (Lipinski definition) is 7. The van der Waals surface area contributed by atoms with Gasteiger partial charge in [-0.25, -0.2) is 28.8 Å². The standard InChI is InChI=1S/C19H21NO2.C18H21N3O2.C15H15NO2.C12H11NO2.C10H13NO2.C9H11NO2.C3H7NO2/c21-18(14-16-6-2-1-3-7-16)15-17-8-4-5-9-19(17)20-10-12-22-13-11-20;22-18(19-14-15-6-2-1-3-7-15)20-16-8-4-5-9-17(16)21-10-12-23-13-11-21;17-15(16-11-13-7-3-1-4-8-13)18-12-14-9-5-2-6-10-14;1-13-12(14)15-11-7-6-9-4-2-3-5-10(9)8-11;1-2-13-10(12)11-8-9-6-4-3-5-7-9;1-12-9(11)10-7-8-5-3-2-4-6-8;1-4-3(5)6-2/h1-9H,10-15H2;1-9H,10-14H2,(H2,19,20,22);1-10H,11-12H2,(H,16,17);2-8H,1H3,(H,13,14);3-7H,2,8H2,1H3,(H,11,12);2-6H,7H2,1H3,(H,10,11);1-2H3,(H,4,5). The molecule has 2 aliphatic rings. The van der Waals surface area contributed by atoms with Gasteiger partial charge in [-0.3, -0.25) is 4.79 Å². The summed E-state index contributed by atoms with van der Waals surface area (Å²) in [7, 11) is 5.70. The Morgan fingerprint density at radius 1 is 0.376 bits per heavy atom. The summed E-state index contributed by atoms with van der Waals surface area (Å²) in [4.78, 5) is 82.9. The van der Waals surface area contributed by atoms with Crippen LogP contribution in [0, 0.1) is 0 Å². The Kier molecular flexibility index (Phi) is 40.2. The van der Waals surface area contributed by atoms with E-state index >= 15 is 0 Å². The molecule has 0 bridgehead atoms. The number of methoxy groups -OCH3 is 2. The smallest absolute Gasteiger partial charge is 0.412 e. The molecule has 2 fully saturated rings. The molecule has 7 amide bonds. The van der Waals surface area contributed by atoms with E-state index in [9.17, 15) is 33.6 Å². The van der Waals surface area contributed by atoms with Crippen LogP contribution in [-0.2, 0) is 78.8 Å². The van der Waals surface area contributed by atoms with Crippen molar-refractivity contribution in [3.8, 4) is 5.75 Å². The number of nitrogens with one attached hydrogen (secondary N) is 7. The summed E-state index contributed by atoms with van der Waals surface area (Å²) in [6.07, 6.45) is -1.05. The maximum atomic E-state index is 12.4. The van der Waals surface area contributed by atoms with Crippen LogP contribution in [0.25, 0.3) is 10.8 Å². The van der Waals surface area contributed by atoms with Crippen LogP contribution < -0.4 is 51.8 Å². The number of carbonyl (C=O) groups excluding carboxylic acids is 7. The van der Waals surface area contributed by atoms with Crippen molar-refractivity contribution < 1.29 is 66.7 Å². The first-order chi connectivity index (χ1) is 53.2. The maximum Gasteiger partial charge on any atom is 0.412 e. The third kappa shape index (κ3) is 35.3. The Labute approximate surface area is 638 Å². The minimum absolute atomic E-state index is 0.199. The highest BCUT2D eigenvalue weighted by atomic mass is 16.6. The number of nitrogens with zero attached hydrogens (tertiary/aromatic N) is 2. The second-order valence-electron chi connectivity index (χ2n) is 23.7. The third-order valence-electron chi connectivity index (χ3n) is 15.8. The van der Waals surface area contributed by atoms with Gasteiger partial charge in [-0.1, -0.05) is 243 Å². The Morgan fingerprint density at radius 2 is 0.771 bits per heavy atom. The van der Waals surface area contributed by atoms with Crippen LogP contribution in [0.3, 0.4) is 0 Å². The molecule has 23 nitrogen and oxygen atoms in total. The van der Waals surface area contributed by atoms with Crippen LogP contribution in [0.2, 0.25) is 0 Å². The van der Waals surface area contributed by atoms with Gasteiger partial charge in [0.1, 0.15) is 18.1 Å². The number of para-hydroxylation sites is 3. The molecule has 109 heavy (non-hydrogen) atoms. The summed E-state index contributed by atoms with van der Waals surface area (Å²) in [5, 5.41) is 20.6. The van der Waals surface area contributed by atoms with Crippen LogP contribution in [0.5, 0.6) is 5.75 Å². The number of carbonyl (C=O) groups is 7. The predicted octanol–water partition coefficient (Wildman–Crippen LogP) is 14.8. The molecule has 7 N–H and O–H groups in total. The van der Waals surface area contributed by atoms with Crippen molar-refractivity contribution in [3.63, 3.8) is 0 Å². The molecular formula is C86H99N9O14. The molecule has 2 aliphatic heterocycles. The summed E-state index contributed by atoms with van der Waals surface area (Å²) in [5.74, 6) is 0.806. The van der Waals surface area contributed by atoms with E-state index in [4.69, 9.17) is 23.7 Å². The molecule has 2 saturated heterocycles. The van der Waals surface area contributed by atoms with Crippen molar-refractivity contribution >= 4 is 70.1 Å². The Bertz CT molecular complexity index is 4190. The lowest BCUT2D eigenvalue weighted by molar-refractivity contribution is -0.117. The molecule has 10 aromatic rings. The average Bonchev–Trinajstić information content (AvgIpc) is 0.824. The lowest BCUT2D eigenvalue weighted by Gasteiger charge is -2.30. The number of alkyl carbamates (subject to hydrolysis) is 4. The van der Waals surface area contributed by atoms with Gasteiger partial charge in [0, 0.05) is 85.0 Å². The van der Waals surface area contributed by atoms with Crippen molar-refractivity contribution in [1.82, 2.24) is 31.9 Å². The number of benzene rings is 10. The summed E-state index contributed by atoms with van der Waals surface area (Å²) in [6.45, 7) is 10.9. The number of fused-ring (bicyclic) bond motifs is 1. The minimum Gasteiger partial charge on any atom is -0.453 e. The van der Waals surface area contributed by atoms with Gasteiger partial charge in [0.15, 0.2) is 0 Å². The maximum absolute atomic E-state index is 12.4. The zero-order valence-electron chi connectivity index (χ0n) is 62.4. The van der Waals surface area contributed by atoms with E-state index < -0.39 is 24.4 Å². The Morgan fingerprint density at radius 3 is 1.24 bits per heavy atom. The average molecular weight is 1480 g/mol. The van der Waals surface area contributed by atoms with Crippen molar-refractivity contribution in [2.45, 2.75) is 52.6 Å². The van der Waals surface area contributed by atoms with E-state index in [1.807, 2.05) is 255 Å². The lowest BCUT2D eigenvalue weighted by atomic mass is 10.0. The SMILES string of the molecule is CCOC(=O)NCc1ccccc1.CNC(=O)OC.CNC(=O)Oc1ccc2ccccc2c1.COC(=O)NCc1ccccc1.O=C(Cc1ccccc1)Cc1ccccc1N1CCOCC1.O=C(NCc1ccccc1)Nc1ccccc1N1CCOCC1.O=C(NCc1ccccc1)OCc1ccccc1. The molecule has 0 radical (unpaired) electrons. The number of urea groups is 1. The van der Waals surface area contributed by atoms with Crippen molar-refractivity contribution in [2.75, 3.05) is 103 Å². The molecule has 0 aliphatic carbocycles. The Balaban J connectivity index is 0.000000204. The number of hydrogen-bond acceptors (Lipinski definition) is 16. The molecule has 0 atom stereocenters. The molecule has 0 aromatic heterocycles. The molecule has 0 saturated carbocycles. The largest absolute Gasteiger partial charge is 0.453 e. The number of ketones is 1. The Hall–Kier alpha value is -12.7. The number of Topliss-reactive ketones (excluding diaryl/α,β-unsaturated/α-hetero) is 1. The van der Waals surface area contributed by atoms with E-state index in [-0.39, 0.29) is 17.9 Å². The van der Waals surface area contributed by atoms with Crippen LogP contribution in [0.4, 0.5) is 45.8 Å². The van der Waals surface area contributed by atoms with E-state index in [1.165, 1.54) is 34.0 Å². The normalized spacial score (nSPS) is 11.5. The minimum atomic E-state index is -0.453. The molecule has 0 spiro atoms. The van der Waals surface area contributed by atoms with E-state index in [1.54, 1.807) is 13.0 Å². The highest BCUT2D eigenvalue weighted by molar-refractivity contribution is 5.93. The molecule has 2 heterocycles. The van der Waals surface area contributed by atoms with Gasteiger partial charge in [0.05, 0.1) is 58.6 Å². The summed E-state index contributed by atoms with van der Waals surface area (Å²) < 4.78 is 34.2. The molecular weight excluding hydrogens is 1380 g/mol. The van der Waals surface area contributed by atoms with Crippen molar-refractivity contribution in [2.24, 2.45) is 0 Å². The van der Waals surface area contributed by atoms with Gasteiger partial charge in [0.25, 0.3) is 0 Å². The van der Waals surface area contributed by atoms with Crippen molar-refractivity contribution in [3.05, 3.63) is 312 Å². The second kappa shape index (κ2) is 51.5. The number of morpholine rings is 2. The monoisotopic (exact) mass is 1480 g/mol. The third-order valence-corrected chi connectivity index (χ3v) is 15.8. The first-order valence-corrected chi connectivity index (χ1v) is 35.7. The summed E-state index contributed by atoms with van der Waals surface area (Å²) >= 11 is 0. The van der Waals surface area contributed by atoms with Crippen LogP contribution in [0.15, 0.2) is 273 Å². The van der Waals surface area contributed by atoms with E-state index in [0.717, 1.165) is 100 Å². The van der Waals surface area contributed by atoms with Gasteiger partial charge in [-0.05, 0) is 87.0 Å².